The van der Waals surface area contributed by atoms with Gasteiger partial charge in [0, 0.05) is 19.3 Å². The van der Waals surface area contributed by atoms with E-state index in [0.717, 1.165) is 47.5 Å². The molecule has 5 nitrogen and oxygen atoms in total. The third kappa shape index (κ3) is 3.86. The lowest BCUT2D eigenvalue weighted by Gasteiger charge is -2.21. The van der Waals surface area contributed by atoms with Crippen molar-refractivity contribution in [1.29, 1.82) is 0 Å². The predicted molar refractivity (Wildman–Crippen MR) is 97.8 cm³/mol. The molecule has 2 bridgehead atoms. The molecule has 1 aromatic carbocycles. The third-order valence-electron chi connectivity index (χ3n) is 5.90. The molecule has 0 spiro atoms. The molecule has 3 N–H and O–H groups in total. The number of urea groups is 1. The second-order valence-corrected chi connectivity index (χ2v) is 7.50. The van der Waals surface area contributed by atoms with E-state index in [0.29, 0.717) is 6.54 Å². The van der Waals surface area contributed by atoms with Crippen LogP contribution in [0.25, 0.3) is 11.3 Å². The zero-order valence-corrected chi connectivity index (χ0v) is 14.5. The molecular formula is C20H26N4O. The number of aromatic amines is 1. The molecule has 4 rings (SSSR count). The number of nitrogens with one attached hydrogen (secondary N) is 3. The Balaban J connectivity index is 1.17. The lowest BCUT2D eigenvalue weighted by molar-refractivity contribution is 0.237. The van der Waals surface area contributed by atoms with E-state index in [1.54, 1.807) is 6.20 Å². The molecular weight excluding hydrogens is 312 g/mol. The number of aromatic nitrogens is 2. The van der Waals surface area contributed by atoms with Crippen molar-refractivity contribution in [2.45, 2.75) is 38.6 Å². The van der Waals surface area contributed by atoms with Crippen LogP contribution in [0.15, 0.2) is 36.5 Å². The first-order valence-corrected chi connectivity index (χ1v) is 9.38. The number of nitrogens with zero attached hydrogens (tertiary/aromatic N) is 1. The second-order valence-electron chi connectivity index (χ2n) is 7.50. The van der Waals surface area contributed by atoms with Crippen LogP contribution in [0.5, 0.6) is 0 Å². The van der Waals surface area contributed by atoms with E-state index in [2.05, 4.69) is 20.8 Å². The molecule has 1 heterocycles. The fourth-order valence-electron chi connectivity index (χ4n) is 4.56. The molecule has 0 radical (unpaired) electrons. The second kappa shape index (κ2) is 7.30. The van der Waals surface area contributed by atoms with Gasteiger partial charge in [0.05, 0.1) is 5.69 Å². The fourth-order valence-corrected chi connectivity index (χ4v) is 4.56. The minimum Gasteiger partial charge on any atom is -0.338 e. The standard InChI is InChI=1S/C20H26N4O/c25-20(21-9-7-18-12-15-3-6-17(18)11-15)22-13-14-1-4-16(5-2-14)19-8-10-23-24-19/h1-2,4-5,8,10,15,17-18H,3,6-7,9,11-13H2,(H,23,24)(H2,21,22,25). The maximum Gasteiger partial charge on any atom is 0.315 e. The van der Waals surface area contributed by atoms with Gasteiger partial charge in [0.25, 0.3) is 0 Å². The number of hydrogen-bond acceptors (Lipinski definition) is 2. The average molecular weight is 338 g/mol. The van der Waals surface area contributed by atoms with Gasteiger partial charge in [0.1, 0.15) is 0 Å². The van der Waals surface area contributed by atoms with Crippen molar-refractivity contribution in [2.24, 2.45) is 17.8 Å². The number of fused-ring (bicyclic) bond motifs is 2. The lowest BCUT2D eigenvalue weighted by Crippen LogP contribution is -2.36. The highest BCUT2D eigenvalue weighted by Gasteiger charge is 2.38. The van der Waals surface area contributed by atoms with Gasteiger partial charge in [-0.2, -0.15) is 5.10 Å². The number of H-pyrrole nitrogens is 1. The summed E-state index contributed by atoms with van der Waals surface area (Å²) in [5.74, 6) is 2.76. The zero-order chi connectivity index (χ0) is 17.1. The van der Waals surface area contributed by atoms with Gasteiger partial charge in [-0.15, -0.1) is 0 Å². The molecule has 2 fully saturated rings. The van der Waals surface area contributed by atoms with Crippen LogP contribution in [0.1, 0.15) is 37.7 Å². The molecule has 5 heteroatoms. The Morgan fingerprint density at radius 3 is 2.68 bits per heavy atom. The minimum atomic E-state index is -0.0687. The highest BCUT2D eigenvalue weighted by Crippen LogP contribution is 2.49. The summed E-state index contributed by atoms with van der Waals surface area (Å²) in [5, 5.41) is 12.9. The van der Waals surface area contributed by atoms with Crippen LogP contribution in [0.3, 0.4) is 0 Å². The molecule has 0 saturated heterocycles. The van der Waals surface area contributed by atoms with Gasteiger partial charge in [-0.05, 0) is 60.6 Å². The van der Waals surface area contributed by atoms with Crippen molar-refractivity contribution in [3.05, 3.63) is 42.1 Å². The smallest absolute Gasteiger partial charge is 0.315 e. The molecule has 3 atom stereocenters. The largest absolute Gasteiger partial charge is 0.338 e. The van der Waals surface area contributed by atoms with E-state index in [1.807, 2.05) is 30.3 Å². The molecule has 2 saturated carbocycles. The summed E-state index contributed by atoms with van der Waals surface area (Å²) in [7, 11) is 0. The Morgan fingerprint density at radius 2 is 2.00 bits per heavy atom. The Morgan fingerprint density at radius 1 is 1.12 bits per heavy atom. The van der Waals surface area contributed by atoms with Crippen LogP contribution in [-0.4, -0.2) is 22.8 Å². The maximum atomic E-state index is 12.0. The molecule has 132 valence electrons. The van der Waals surface area contributed by atoms with Gasteiger partial charge in [-0.3, -0.25) is 5.10 Å². The van der Waals surface area contributed by atoms with Crippen LogP contribution < -0.4 is 10.6 Å². The Bertz CT molecular complexity index is 695. The van der Waals surface area contributed by atoms with Gasteiger partial charge in [0.15, 0.2) is 0 Å². The highest BCUT2D eigenvalue weighted by molar-refractivity contribution is 5.73. The van der Waals surface area contributed by atoms with Crippen molar-refractivity contribution in [1.82, 2.24) is 20.8 Å². The quantitative estimate of drug-likeness (QED) is 0.751. The highest BCUT2D eigenvalue weighted by atomic mass is 16.2. The summed E-state index contributed by atoms with van der Waals surface area (Å²) in [6.45, 7) is 1.34. The van der Waals surface area contributed by atoms with Crippen molar-refractivity contribution in [3.63, 3.8) is 0 Å². The fraction of sp³-hybridized carbons (Fsp3) is 0.500. The van der Waals surface area contributed by atoms with E-state index in [4.69, 9.17) is 0 Å². The van der Waals surface area contributed by atoms with E-state index in [9.17, 15) is 4.79 Å². The molecule has 2 aliphatic carbocycles. The van der Waals surface area contributed by atoms with Crippen LogP contribution in [0.4, 0.5) is 4.79 Å². The summed E-state index contributed by atoms with van der Waals surface area (Å²) >= 11 is 0. The molecule has 25 heavy (non-hydrogen) atoms. The predicted octanol–water partition coefficient (Wildman–Crippen LogP) is 3.70. The Kier molecular flexibility index (Phi) is 4.72. The van der Waals surface area contributed by atoms with Crippen LogP contribution >= 0.6 is 0 Å². The SMILES string of the molecule is O=C(NCCC1CC2CCC1C2)NCc1ccc(-c2ccn[nH]2)cc1. The molecule has 1 aromatic heterocycles. The van der Waals surface area contributed by atoms with Gasteiger partial charge >= 0.3 is 6.03 Å². The van der Waals surface area contributed by atoms with Gasteiger partial charge in [0.2, 0.25) is 0 Å². The molecule has 3 unspecified atom stereocenters. The first-order valence-electron chi connectivity index (χ1n) is 9.38. The third-order valence-corrected chi connectivity index (χ3v) is 5.90. The van der Waals surface area contributed by atoms with Crippen molar-refractivity contribution in [2.75, 3.05) is 6.54 Å². The summed E-state index contributed by atoms with van der Waals surface area (Å²) in [5.41, 5.74) is 3.18. The molecule has 0 aliphatic heterocycles. The van der Waals surface area contributed by atoms with Gasteiger partial charge in [-0.25, -0.2) is 4.79 Å². The summed E-state index contributed by atoms with van der Waals surface area (Å²) in [6.07, 6.45) is 8.55. The normalized spacial score (nSPS) is 24.4. The first kappa shape index (κ1) is 16.2. The number of rotatable bonds is 6. The number of hydrogen-bond donors (Lipinski definition) is 3. The molecule has 2 aliphatic rings. The van der Waals surface area contributed by atoms with Crippen molar-refractivity contribution < 1.29 is 4.79 Å². The number of amides is 2. The van der Waals surface area contributed by atoms with Crippen LogP contribution in [-0.2, 0) is 6.54 Å². The van der Waals surface area contributed by atoms with E-state index in [-0.39, 0.29) is 6.03 Å². The average Bonchev–Trinajstić information content (AvgIpc) is 3.38. The molecule has 2 aromatic rings. The monoisotopic (exact) mass is 338 g/mol. The van der Waals surface area contributed by atoms with E-state index < -0.39 is 0 Å². The Labute approximate surface area is 148 Å². The number of benzene rings is 1. The number of carbonyl (C=O) groups is 1. The van der Waals surface area contributed by atoms with Crippen LogP contribution in [0, 0.1) is 17.8 Å². The number of carbonyl (C=O) groups excluding carboxylic acids is 1. The zero-order valence-electron chi connectivity index (χ0n) is 14.5. The summed E-state index contributed by atoms with van der Waals surface area (Å²) in [6, 6.07) is 10.0. The van der Waals surface area contributed by atoms with E-state index in [1.165, 1.54) is 25.7 Å². The van der Waals surface area contributed by atoms with Gasteiger partial charge in [-0.1, -0.05) is 30.7 Å². The lowest BCUT2D eigenvalue weighted by atomic mass is 9.86. The summed E-state index contributed by atoms with van der Waals surface area (Å²) < 4.78 is 0. The maximum absolute atomic E-state index is 12.0. The van der Waals surface area contributed by atoms with Crippen molar-refractivity contribution >= 4 is 6.03 Å². The van der Waals surface area contributed by atoms with Crippen molar-refractivity contribution in [3.8, 4) is 11.3 Å². The summed E-state index contributed by atoms with van der Waals surface area (Å²) in [4.78, 5) is 12.0. The van der Waals surface area contributed by atoms with Gasteiger partial charge < -0.3 is 10.6 Å². The van der Waals surface area contributed by atoms with E-state index >= 15 is 0 Å². The minimum absolute atomic E-state index is 0.0687. The van der Waals surface area contributed by atoms with Crippen LogP contribution in [0.2, 0.25) is 0 Å². The molecule has 2 amide bonds. The Hall–Kier alpha value is -2.30. The first-order chi connectivity index (χ1) is 12.3. The topological polar surface area (TPSA) is 69.8 Å².